The van der Waals surface area contributed by atoms with Gasteiger partial charge in [-0.3, -0.25) is 4.40 Å². The summed E-state index contributed by atoms with van der Waals surface area (Å²) in [5.74, 6) is 0.586. The van der Waals surface area contributed by atoms with Crippen LogP contribution in [0.3, 0.4) is 0 Å². The lowest BCUT2D eigenvalue weighted by molar-refractivity contribution is 1.12. The number of pyridine rings is 1. The smallest absolute Gasteiger partial charge is 0.162 e. The Morgan fingerprint density at radius 1 is 1.04 bits per heavy atom. The molecule has 4 nitrogen and oxygen atoms in total. The van der Waals surface area contributed by atoms with E-state index in [0.717, 1.165) is 27.1 Å². The molecule has 2 aromatic carbocycles. The monoisotopic (exact) mass is 426 g/mol. The van der Waals surface area contributed by atoms with Crippen LogP contribution < -0.4 is 11.1 Å². The van der Waals surface area contributed by atoms with Crippen molar-refractivity contribution in [1.82, 2.24) is 9.38 Å². The quantitative estimate of drug-likeness (QED) is 0.445. The topological polar surface area (TPSA) is 55.3 Å². The van der Waals surface area contributed by atoms with Crippen LogP contribution in [0, 0.1) is 0 Å². The normalized spacial score (nSPS) is 11.0. The number of imidazole rings is 1. The van der Waals surface area contributed by atoms with Crippen LogP contribution in [0.4, 0.5) is 11.5 Å². The molecule has 0 spiro atoms. The van der Waals surface area contributed by atoms with Crippen LogP contribution in [-0.4, -0.2) is 9.38 Å². The molecule has 2 aromatic heterocycles. The van der Waals surface area contributed by atoms with Crippen molar-refractivity contribution in [3.63, 3.8) is 0 Å². The SMILES string of the molecule is Nc1c(-c2ccccc2Cl)cc(NCc2ccccc2)c2ncc(Br)n12. The van der Waals surface area contributed by atoms with Crippen LogP contribution in [0.1, 0.15) is 5.56 Å². The first-order valence-corrected chi connectivity index (χ1v) is 9.30. The molecular formula is C20H16BrClN4. The third-order valence-electron chi connectivity index (χ3n) is 4.26. The Morgan fingerprint density at radius 3 is 2.54 bits per heavy atom. The molecule has 0 saturated heterocycles. The van der Waals surface area contributed by atoms with Crippen LogP contribution in [-0.2, 0) is 6.54 Å². The maximum absolute atomic E-state index is 6.45. The van der Waals surface area contributed by atoms with Crippen LogP contribution in [0.25, 0.3) is 16.8 Å². The van der Waals surface area contributed by atoms with Crippen LogP contribution in [0.15, 0.2) is 71.5 Å². The molecule has 0 bridgehead atoms. The summed E-state index contributed by atoms with van der Waals surface area (Å²) >= 11 is 9.94. The second-order valence-electron chi connectivity index (χ2n) is 5.92. The highest BCUT2D eigenvalue weighted by Crippen LogP contribution is 2.37. The van der Waals surface area contributed by atoms with E-state index in [0.29, 0.717) is 17.4 Å². The molecule has 0 saturated carbocycles. The van der Waals surface area contributed by atoms with E-state index in [1.807, 2.05) is 52.9 Å². The Balaban J connectivity index is 1.84. The molecule has 0 amide bonds. The average molecular weight is 428 g/mol. The van der Waals surface area contributed by atoms with Gasteiger partial charge in [-0.15, -0.1) is 0 Å². The van der Waals surface area contributed by atoms with Crippen molar-refractivity contribution in [3.05, 3.63) is 82.0 Å². The first-order chi connectivity index (χ1) is 12.6. The molecule has 0 unspecified atom stereocenters. The van der Waals surface area contributed by atoms with Gasteiger partial charge in [0.15, 0.2) is 5.65 Å². The van der Waals surface area contributed by atoms with E-state index < -0.39 is 0 Å². The zero-order valence-corrected chi connectivity index (χ0v) is 16.1. The largest absolute Gasteiger partial charge is 0.384 e. The molecule has 130 valence electrons. The number of fused-ring (bicyclic) bond motifs is 1. The molecule has 26 heavy (non-hydrogen) atoms. The van der Waals surface area contributed by atoms with Crippen molar-refractivity contribution >= 4 is 44.7 Å². The number of nitrogen functional groups attached to an aromatic ring is 1. The summed E-state index contributed by atoms with van der Waals surface area (Å²) in [7, 11) is 0. The number of halogens is 2. The second-order valence-corrected chi connectivity index (χ2v) is 7.14. The lowest BCUT2D eigenvalue weighted by atomic mass is 10.1. The molecule has 0 radical (unpaired) electrons. The van der Waals surface area contributed by atoms with Gasteiger partial charge in [0.25, 0.3) is 0 Å². The predicted octanol–water partition coefficient (Wildman–Crippen LogP) is 5.61. The van der Waals surface area contributed by atoms with Gasteiger partial charge in [-0.2, -0.15) is 0 Å². The molecule has 6 heteroatoms. The van der Waals surface area contributed by atoms with Crippen LogP contribution in [0.2, 0.25) is 5.02 Å². The van der Waals surface area contributed by atoms with E-state index in [1.165, 1.54) is 5.56 Å². The Labute approximate surface area is 164 Å². The van der Waals surface area contributed by atoms with Gasteiger partial charge in [0.1, 0.15) is 10.4 Å². The summed E-state index contributed by atoms with van der Waals surface area (Å²) in [6.07, 6.45) is 1.75. The minimum absolute atomic E-state index is 0.586. The number of nitrogens with zero attached hydrogens (tertiary/aromatic N) is 2. The number of anilines is 2. The summed E-state index contributed by atoms with van der Waals surface area (Å²) in [6, 6.07) is 19.9. The number of hydrogen-bond donors (Lipinski definition) is 2. The second kappa shape index (κ2) is 7.02. The Kier molecular flexibility index (Phi) is 4.57. The minimum Gasteiger partial charge on any atom is -0.384 e. The van der Waals surface area contributed by atoms with E-state index >= 15 is 0 Å². The zero-order valence-electron chi connectivity index (χ0n) is 13.8. The highest BCUT2D eigenvalue weighted by Gasteiger charge is 2.16. The van der Waals surface area contributed by atoms with Crippen LogP contribution >= 0.6 is 27.5 Å². The van der Waals surface area contributed by atoms with Crippen molar-refractivity contribution in [1.29, 1.82) is 0 Å². The predicted molar refractivity (Wildman–Crippen MR) is 112 cm³/mol. The van der Waals surface area contributed by atoms with Crippen molar-refractivity contribution in [2.24, 2.45) is 0 Å². The molecule has 0 fully saturated rings. The van der Waals surface area contributed by atoms with Gasteiger partial charge >= 0.3 is 0 Å². The summed E-state index contributed by atoms with van der Waals surface area (Å²) in [6.45, 7) is 0.687. The van der Waals surface area contributed by atoms with E-state index in [-0.39, 0.29) is 0 Å². The summed E-state index contributed by atoms with van der Waals surface area (Å²) < 4.78 is 2.67. The van der Waals surface area contributed by atoms with E-state index in [9.17, 15) is 0 Å². The first-order valence-electron chi connectivity index (χ1n) is 8.13. The summed E-state index contributed by atoms with van der Waals surface area (Å²) in [4.78, 5) is 4.49. The highest BCUT2D eigenvalue weighted by molar-refractivity contribution is 9.10. The Hall–Kier alpha value is -2.50. The number of nitrogens with two attached hydrogens (primary N) is 1. The highest BCUT2D eigenvalue weighted by atomic mass is 79.9. The maximum atomic E-state index is 6.45. The summed E-state index contributed by atoms with van der Waals surface area (Å²) in [5, 5.41) is 4.13. The maximum Gasteiger partial charge on any atom is 0.162 e. The molecule has 3 N–H and O–H groups in total. The fraction of sp³-hybridized carbons (Fsp3) is 0.0500. The molecule has 2 heterocycles. The fourth-order valence-corrected chi connectivity index (χ4v) is 3.67. The van der Waals surface area contributed by atoms with Crippen molar-refractivity contribution in [2.45, 2.75) is 6.54 Å². The molecule has 0 atom stereocenters. The number of rotatable bonds is 4. The molecule has 4 aromatic rings. The molecule has 0 aliphatic carbocycles. The first kappa shape index (κ1) is 16.9. The van der Waals surface area contributed by atoms with Gasteiger partial charge in [0, 0.05) is 22.7 Å². The number of aromatic nitrogens is 2. The van der Waals surface area contributed by atoms with Crippen molar-refractivity contribution < 1.29 is 0 Å². The molecule has 0 aliphatic rings. The standard InChI is InChI=1S/C20H16BrClN4/c21-18-12-25-20-17(24-11-13-6-2-1-3-7-13)10-15(19(23)26(18)20)14-8-4-5-9-16(14)22/h1-10,12,24H,11,23H2. The Bertz CT molecular complexity index is 1080. The van der Waals surface area contributed by atoms with Gasteiger partial charge in [0.2, 0.25) is 0 Å². The van der Waals surface area contributed by atoms with E-state index in [4.69, 9.17) is 17.3 Å². The van der Waals surface area contributed by atoms with E-state index in [2.05, 4.69) is 38.4 Å². The van der Waals surface area contributed by atoms with Crippen molar-refractivity contribution in [2.75, 3.05) is 11.1 Å². The van der Waals surface area contributed by atoms with Gasteiger partial charge in [0.05, 0.1) is 11.9 Å². The fourth-order valence-electron chi connectivity index (χ4n) is 2.97. The Morgan fingerprint density at radius 2 is 1.77 bits per heavy atom. The molecule has 4 rings (SSSR count). The van der Waals surface area contributed by atoms with Gasteiger partial charge < -0.3 is 11.1 Å². The number of hydrogen-bond acceptors (Lipinski definition) is 3. The minimum atomic E-state index is 0.586. The third-order valence-corrected chi connectivity index (χ3v) is 5.14. The van der Waals surface area contributed by atoms with Crippen LogP contribution in [0.5, 0.6) is 0 Å². The number of nitrogens with one attached hydrogen (secondary N) is 1. The van der Waals surface area contributed by atoms with E-state index in [1.54, 1.807) is 6.20 Å². The van der Waals surface area contributed by atoms with Gasteiger partial charge in [-0.25, -0.2) is 4.98 Å². The van der Waals surface area contributed by atoms with Crippen molar-refractivity contribution in [3.8, 4) is 11.1 Å². The molecular weight excluding hydrogens is 412 g/mol. The average Bonchev–Trinajstić information content (AvgIpc) is 3.05. The number of benzene rings is 2. The molecule has 0 aliphatic heterocycles. The third kappa shape index (κ3) is 3.04. The lowest BCUT2D eigenvalue weighted by Crippen LogP contribution is -2.06. The lowest BCUT2D eigenvalue weighted by Gasteiger charge is -2.15. The zero-order chi connectivity index (χ0) is 18.1. The van der Waals surface area contributed by atoms with Gasteiger partial charge in [-0.05, 0) is 33.6 Å². The summed E-state index contributed by atoms with van der Waals surface area (Å²) in [5.41, 5.74) is 11.0. The van der Waals surface area contributed by atoms with Gasteiger partial charge in [-0.1, -0.05) is 60.1 Å².